The lowest BCUT2D eigenvalue weighted by Gasteiger charge is -2.18. The van der Waals surface area contributed by atoms with Crippen LogP contribution >= 0.6 is 0 Å². The van der Waals surface area contributed by atoms with Gasteiger partial charge in [0.1, 0.15) is 13.2 Å². The van der Waals surface area contributed by atoms with Crippen LogP contribution in [-0.2, 0) is 28.6 Å². The fourth-order valence-corrected chi connectivity index (χ4v) is 10.5. The molecule has 0 aliphatic carbocycles. The lowest BCUT2D eigenvalue weighted by molar-refractivity contribution is -0.167. The summed E-state index contributed by atoms with van der Waals surface area (Å²) in [6.45, 7) is 6.58. The predicted octanol–water partition coefficient (Wildman–Crippen LogP) is 24.3. The molecule has 6 nitrogen and oxygen atoms in total. The van der Waals surface area contributed by atoms with E-state index in [9.17, 15) is 14.4 Å². The Morgan fingerprint density at radius 3 is 0.775 bits per heavy atom. The average Bonchev–Trinajstić information content (AvgIpc) is 3.46. The van der Waals surface area contributed by atoms with Crippen LogP contribution in [0.25, 0.3) is 0 Å². The number of unbranched alkanes of at least 4 members (excludes halogenated alkanes) is 44. The topological polar surface area (TPSA) is 78.9 Å². The quantitative estimate of drug-likeness (QED) is 0.0261. The molecule has 0 rings (SSSR count). The van der Waals surface area contributed by atoms with E-state index < -0.39 is 6.10 Å². The maximum Gasteiger partial charge on any atom is 0.306 e. The molecule has 0 aromatic rings. The van der Waals surface area contributed by atoms with Crippen molar-refractivity contribution in [2.45, 2.75) is 380 Å². The van der Waals surface area contributed by atoms with Gasteiger partial charge in [-0.15, -0.1) is 0 Å². The van der Waals surface area contributed by atoms with E-state index in [1.165, 1.54) is 250 Å². The zero-order chi connectivity index (χ0) is 57.8. The van der Waals surface area contributed by atoms with Gasteiger partial charge in [0, 0.05) is 19.3 Å². The van der Waals surface area contributed by atoms with Gasteiger partial charge >= 0.3 is 17.9 Å². The van der Waals surface area contributed by atoms with Crippen LogP contribution in [0, 0.1) is 0 Å². The highest BCUT2D eigenvalue weighted by atomic mass is 16.6. The molecule has 0 fully saturated rings. The lowest BCUT2D eigenvalue weighted by atomic mass is 10.0. The third-order valence-electron chi connectivity index (χ3n) is 15.8. The van der Waals surface area contributed by atoms with Crippen molar-refractivity contribution < 1.29 is 28.6 Å². The number of hydrogen-bond acceptors (Lipinski definition) is 6. The number of carbonyl (C=O) groups is 3. The fraction of sp³-hybridized carbons (Fsp3) is 0.824. The molecule has 0 saturated carbocycles. The molecule has 0 amide bonds. The van der Waals surface area contributed by atoms with Gasteiger partial charge in [0.15, 0.2) is 6.10 Å². The van der Waals surface area contributed by atoms with Crippen LogP contribution in [0.2, 0.25) is 0 Å². The summed E-state index contributed by atoms with van der Waals surface area (Å²) in [5, 5.41) is 0. The van der Waals surface area contributed by atoms with Crippen LogP contribution in [0.5, 0.6) is 0 Å². The van der Waals surface area contributed by atoms with Crippen molar-refractivity contribution in [3.63, 3.8) is 0 Å². The minimum atomic E-state index is -0.772. The molecule has 0 bridgehead atoms. The summed E-state index contributed by atoms with van der Waals surface area (Å²) in [5.74, 6) is -0.845. The molecule has 0 radical (unpaired) electrons. The third kappa shape index (κ3) is 65.9. The van der Waals surface area contributed by atoms with Crippen LogP contribution in [-0.4, -0.2) is 37.2 Å². The number of esters is 3. The molecule has 466 valence electrons. The Morgan fingerprint density at radius 2 is 0.487 bits per heavy atom. The highest BCUT2D eigenvalue weighted by Gasteiger charge is 2.19. The maximum absolute atomic E-state index is 12.9. The van der Waals surface area contributed by atoms with Crippen molar-refractivity contribution in [3.05, 3.63) is 60.8 Å². The van der Waals surface area contributed by atoms with Crippen LogP contribution in [0.15, 0.2) is 60.8 Å². The largest absolute Gasteiger partial charge is 0.462 e. The van der Waals surface area contributed by atoms with E-state index in [2.05, 4.69) is 81.5 Å². The number of ether oxygens (including phenoxy) is 3. The molecule has 0 saturated heterocycles. The summed E-state index contributed by atoms with van der Waals surface area (Å²) in [4.78, 5) is 38.4. The van der Waals surface area contributed by atoms with Gasteiger partial charge < -0.3 is 14.2 Å². The summed E-state index contributed by atoms with van der Waals surface area (Å²) in [6, 6.07) is 0. The minimum Gasteiger partial charge on any atom is -0.462 e. The molecule has 80 heavy (non-hydrogen) atoms. The Bertz CT molecular complexity index is 1430. The second kappa shape index (κ2) is 68.6. The van der Waals surface area contributed by atoms with Gasteiger partial charge in [-0.2, -0.15) is 0 Å². The first-order valence-corrected chi connectivity index (χ1v) is 35.3. The van der Waals surface area contributed by atoms with Crippen LogP contribution in [0.1, 0.15) is 374 Å². The first kappa shape index (κ1) is 77.1. The molecule has 0 aromatic carbocycles. The van der Waals surface area contributed by atoms with Gasteiger partial charge in [0.25, 0.3) is 0 Å². The predicted molar refractivity (Wildman–Crippen MR) is 348 cm³/mol. The summed E-state index contributed by atoms with van der Waals surface area (Å²) < 4.78 is 17.0. The number of hydrogen-bond donors (Lipinski definition) is 0. The second-order valence-electron chi connectivity index (χ2n) is 23.8. The Morgan fingerprint density at radius 1 is 0.263 bits per heavy atom. The van der Waals surface area contributed by atoms with Crippen LogP contribution < -0.4 is 0 Å². The normalized spacial score (nSPS) is 12.4. The Hall–Kier alpha value is -2.89. The average molecular weight is 1120 g/mol. The monoisotopic (exact) mass is 1120 g/mol. The Balaban J connectivity index is 4.15. The zero-order valence-electron chi connectivity index (χ0n) is 53.6. The lowest BCUT2D eigenvalue weighted by Crippen LogP contribution is -2.30. The van der Waals surface area contributed by atoms with Crippen molar-refractivity contribution >= 4 is 17.9 Å². The SMILES string of the molecule is CC/C=C\C/C=C\C/C=C\C/C=C\CCCCCCCCCCCCCCCCCCCCC(=O)OCC(COC(=O)CCCCCCCCCCCCCC)OC(=O)CCCCCCCCCCC/C=C\CCCCCCCC. The van der Waals surface area contributed by atoms with E-state index in [-0.39, 0.29) is 31.1 Å². The highest BCUT2D eigenvalue weighted by molar-refractivity contribution is 5.71. The van der Waals surface area contributed by atoms with Gasteiger partial charge in [-0.05, 0) is 83.5 Å². The van der Waals surface area contributed by atoms with Gasteiger partial charge in [0.2, 0.25) is 0 Å². The molecule has 0 N–H and O–H groups in total. The van der Waals surface area contributed by atoms with Gasteiger partial charge in [0.05, 0.1) is 0 Å². The molecule has 1 unspecified atom stereocenters. The summed E-state index contributed by atoms with van der Waals surface area (Å²) >= 11 is 0. The fourth-order valence-electron chi connectivity index (χ4n) is 10.5. The van der Waals surface area contributed by atoms with E-state index >= 15 is 0 Å². The first-order valence-electron chi connectivity index (χ1n) is 35.3. The van der Waals surface area contributed by atoms with Crippen molar-refractivity contribution in [1.29, 1.82) is 0 Å². The summed E-state index contributed by atoms with van der Waals surface area (Å²) in [6.07, 6.45) is 88.3. The molecule has 6 heteroatoms. The van der Waals surface area contributed by atoms with Crippen molar-refractivity contribution in [1.82, 2.24) is 0 Å². The summed E-state index contributed by atoms with van der Waals surface area (Å²) in [7, 11) is 0. The second-order valence-corrected chi connectivity index (χ2v) is 23.8. The van der Waals surface area contributed by atoms with Crippen molar-refractivity contribution in [2.24, 2.45) is 0 Å². The maximum atomic E-state index is 12.9. The van der Waals surface area contributed by atoms with E-state index in [1.54, 1.807) is 0 Å². The van der Waals surface area contributed by atoms with E-state index in [4.69, 9.17) is 14.2 Å². The molecule has 0 aromatic heterocycles. The first-order chi connectivity index (χ1) is 39.5. The molecule has 1 atom stereocenters. The van der Waals surface area contributed by atoms with Crippen molar-refractivity contribution in [3.8, 4) is 0 Å². The van der Waals surface area contributed by atoms with Gasteiger partial charge in [-0.25, -0.2) is 0 Å². The van der Waals surface area contributed by atoms with Gasteiger partial charge in [-0.3, -0.25) is 14.4 Å². The molecular weight excluding hydrogens is 985 g/mol. The molecule has 0 spiro atoms. The van der Waals surface area contributed by atoms with Crippen molar-refractivity contribution in [2.75, 3.05) is 13.2 Å². The molecule has 0 aliphatic rings. The summed E-state index contributed by atoms with van der Waals surface area (Å²) in [5.41, 5.74) is 0. The highest BCUT2D eigenvalue weighted by Crippen LogP contribution is 2.18. The standard InChI is InChI=1S/C74H134O6/c1-4-7-10-13-16-19-22-25-27-29-31-32-33-34-35-36-37-38-39-40-41-42-44-45-47-49-52-55-58-61-64-67-73(76)79-70-71(69-78-72(75)66-63-60-57-54-51-24-21-18-15-12-9-6-3)80-74(77)68-65-62-59-56-53-50-48-46-43-30-28-26-23-20-17-14-11-8-5-2/h7,10,16,19,25-28,31-32,71H,4-6,8-9,11-15,17-18,20-24,29-30,33-70H2,1-3H3/b10-7-,19-16-,27-25-,28-26-,32-31-. The Kier molecular flexibility index (Phi) is 66.1. The molecular formula is C74H134O6. The Labute approximate surface area is 498 Å². The number of allylic oxidation sites excluding steroid dienone is 10. The zero-order valence-corrected chi connectivity index (χ0v) is 53.6. The van der Waals surface area contributed by atoms with Crippen LogP contribution in [0.4, 0.5) is 0 Å². The third-order valence-corrected chi connectivity index (χ3v) is 15.8. The molecule has 0 aliphatic heterocycles. The van der Waals surface area contributed by atoms with Gasteiger partial charge in [-0.1, -0.05) is 332 Å². The van der Waals surface area contributed by atoms with E-state index in [0.717, 1.165) is 83.5 Å². The number of rotatable bonds is 65. The number of carbonyl (C=O) groups excluding carboxylic acids is 3. The van der Waals surface area contributed by atoms with Crippen LogP contribution in [0.3, 0.4) is 0 Å². The van der Waals surface area contributed by atoms with E-state index in [1.807, 2.05) is 0 Å². The minimum absolute atomic E-state index is 0.0686. The molecule has 0 heterocycles. The smallest absolute Gasteiger partial charge is 0.306 e. The van der Waals surface area contributed by atoms with E-state index in [0.29, 0.717) is 19.3 Å².